The summed E-state index contributed by atoms with van der Waals surface area (Å²) in [5.41, 5.74) is 5.99. The van der Waals surface area contributed by atoms with Crippen molar-refractivity contribution in [3.05, 3.63) is 94.0 Å². The second-order valence-electron chi connectivity index (χ2n) is 8.15. The minimum atomic E-state index is -0.488. The largest absolute Gasteiger partial charge is 0.331 e. The maximum atomic E-state index is 13.1. The summed E-state index contributed by atoms with van der Waals surface area (Å²) in [4.78, 5) is 31.9. The van der Waals surface area contributed by atoms with E-state index in [0.717, 1.165) is 5.56 Å². The highest BCUT2D eigenvalue weighted by atomic mass is 32.1. The number of nitrogens with one attached hydrogen (secondary N) is 2. The van der Waals surface area contributed by atoms with Crippen molar-refractivity contribution in [3.8, 4) is 0 Å². The van der Waals surface area contributed by atoms with Crippen LogP contribution in [0.1, 0.15) is 11.1 Å². The zero-order valence-electron chi connectivity index (χ0n) is 19.6. The van der Waals surface area contributed by atoms with Crippen LogP contribution in [-0.2, 0) is 4.79 Å². The van der Waals surface area contributed by atoms with E-state index in [1.807, 2.05) is 49.3 Å². The fraction of sp³-hybridized carbons (Fsp3) is 0.120. The lowest BCUT2D eigenvalue weighted by Gasteiger charge is -2.21. The molecule has 1 amide bonds. The second-order valence-corrected chi connectivity index (χ2v) is 8.56. The molecule has 1 aliphatic rings. The highest BCUT2D eigenvalue weighted by molar-refractivity contribution is 7.80. The standard InChI is InChI=1S/C25H23N7O3S/c1-30(2)16-31-22-13-12-20(32(34)35)14-21(22)23(24(31)33)27-18-8-10-19(11-9-18)28-25(36)29-26-15-17-6-4-3-5-7-17/h3-15H,16H2,1-2H3,(H2,28,29,36). The molecule has 36 heavy (non-hydrogen) atoms. The number of hydrogen-bond donors (Lipinski definition) is 2. The van der Waals surface area contributed by atoms with Crippen LogP contribution >= 0.6 is 12.2 Å². The van der Waals surface area contributed by atoms with Gasteiger partial charge in [0.25, 0.3) is 11.6 Å². The van der Waals surface area contributed by atoms with Gasteiger partial charge in [0.1, 0.15) is 5.71 Å². The molecule has 1 aliphatic heterocycles. The smallest absolute Gasteiger partial charge is 0.278 e. The minimum absolute atomic E-state index is 0.101. The maximum Gasteiger partial charge on any atom is 0.278 e. The fourth-order valence-electron chi connectivity index (χ4n) is 3.56. The third-order valence-electron chi connectivity index (χ3n) is 5.15. The first-order valence-corrected chi connectivity index (χ1v) is 11.3. The third kappa shape index (κ3) is 5.77. The number of hydrogen-bond acceptors (Lipinski definition) is 7. The fourth-order valence-corrected chi connectivity index (χ4v) is 3.73. The van der Waals surface area contributed by atoms with Crippen molar-refractivity contribution in [3.63, 3.8) is 0 Å². The van der Waals surface area contributed by atoms with Crippen molar-refractivity contribution in [2.75, 3.05) is 31.0 Å². The maximum absolute atomic E-state index is 13.1. The molecule has 11 heteroatoms. The molecule has 0 saturated carbocycles. The highest BCUT2D eigenvalue weighted by Gasteiger charge is 2.35. The Labute approximate surface area is 213 Å². The van der Waals surface area contributed by atoms with Gasteiger partial charge < -0.3 is 5.32 Å². The summed E-state index contributed by atoms with van der Waals surface area (Å²) in [6, 6.07) is 20.9. The molecule has 0 spiro atoms. The number of anilines is 2. The molecule has 0 aliphatic carbocycles. The molecule has 2 N–H and O–H groups in total. The molecule has 3 aromatic rings. The predicted octanol–water partition coefficient (Wildman–Crippen LogP) is 3.90. The zero-order chi connectivity index (χ0) is 25.7. The lowest BCUT2D eigenvalue weighted by atomic mass is 10.1. The Morgan fingerprint density at radius 2 is 1.83 bits per heavy atom. The average Bonchev–Trinajstić information content (AvgIpc) is 3.10. The number of rotatable bonds is 7. The summed E-state index contributed by atoms with van der Waals surface area (Å²) >= 11 is 5.27. The van der Waals surface area contributed by atoms with Gasteiger partial charge in [0, 0.05) is 23.4 Å². The van der Waals surface area contributed by atoms with E-state index in [1.54, 1.807) is 41.4 Å². The SMILES string of the molecule is CN(C)CN1C(=O)C(=Nc2ccc(NC(=S)NN=Cc3ccccc3)cc2)c2cc([N+](=O)[O-])ccc21. The van der Waals surface area contributed by atoms with E-state index in [1.165, 1.54) is 12.1 Å². The minimum Gasteiger partial charge on any atom is -0.331 e. The molecule has 0 fully saturated rings. The van der Waals surface area contributed by atoms with Gasteiger partial charge in [0.15, 0.2) is 5.11 Å². The Balaban J connectivity index is 1.50. The molecule has 0 atom stereocenters. The van der Waals surface area contributed by atoms with Crippen LogP contribution in [0.3, 0.4) is 0 Å². The number of aliphatic imine (C=N–C) groups is 1. The van der Waals surface area contributed by atoms with Crippen molar-refractivity contribution in [1.29, 1.82) is 0 Å². The summed E-state index contributed by atoms with van der Waals surface area (Å²) in [6.07, 6.45) is 1.66. The molecule has 1 heterocycles. The Morgan fingerprint density at radius 1 is 1.11 bits per heavy atom. The van der Waals surface area contributed by atoms with Gasteiger partial charge in [-0.15, -0.1) is 0 Å². The van der Waals surface area contributed by atoms with Gasteiger partial charge in [-0.25, -0.2) is 4.99 Å². The molecule has 0 radical (unpaired) electrons. The quantitative estimate of drug-likeness (QED) is 0.218. The van der Waals surface area contributed by atoms with Crippen molar-refractivity contribution >= 4 is 57.9 Å². The van der Waals surface area contributed by atoms with E-state index in [-0.39, 0.29) is 17.3 Å². The number of nitrogens with zero attached hydrogens (tertiary/aromatic N) is 5. The Morgan fingerprint density at radius 3 is 2.50 bits per heavy atom. The Bertz CT molecular complexity index is 1360. The summed E-state index contributed by atoms with van der Waals surface area (Å²) in [6.45, 7) is 0.322. The first kappa shape index (κ1) is 24.6. The monoisotopic (exact) mass is 501 g/mol. The third-order valence-corrected chi connectivity index (χ3v) is 5.35. The molecule has 182 valence electrons. The number of fused-ring (bicyclic) bond motifs is 1. The van der Waals surface area contributed by atoms with E-state index in [0.29, 0.717) is 34.4 Å². The lowest BCUT2D eigenvalue weighted by molar-refractivity contribution is -0.384. The van der Waals surface area contributed by atoms with Gasteiger partial charge in [0.2, 0.25) is 0 Å². The molecule has 0 aromatic heterocycles. The lowest BCUT2D eigenvalue weighted by Crippen LogP contribution is -2.37. The number of nitro benzene ring substituents is 1. The van der Waals surface area contributed by atoms with Crippen LogP contribution in [0.25, 0.3) is 0 Å². The van der Waals surface area contributed by atoms with Gasteiger partial charge in [-0.3, -0.25) is 30.1 Å². The second kappa shape index (κ2) is 10.8. The number of carbonyl (C=O) groups is 1. The predicted molar refractivity (Wildman–Crippen MR) is 145 cm³/mol. The molecule has 10 nitrogen and oxygen atoms in total. The first-order valence-electron chi connectivity index (χ1n) is 10.9. The van der Waals surface area contributed by atoms with Crippen LogP contribution in [0.4, 0.5) is 22.7 Å². The van der Waals surface area contributed by atoms with Gasteiger partial charge in [0.05, 0.1) is 29.2 Å². The topological polar surface area (TPSA) is 115 Å². The van der Waals surface area contributed by atoms with Gasteiger partial charge in [-0.1, -0.05) is 30.3 Å². The van der Waals surface area contributed by atoms with Crippen molar-refractivity contribution < 1.29 is 9.72 Å². The average molecular weight is 502 g/mol. The van der Waals surface area contributed by atoms with Crippen molar-refractivity contribution in [2.45, 2.75) is 0 Å². The van der Waals surface area contributed by atoms with E-state index < -0.39 is 4.92 Å². The highest BCUT2D eigenvalue weighted by Crippen LogP contribution is 2.34. The molecule has 3 aromatic carbocycles. The van der Waals surface area contributed by atoms with E-state index in [4.69, 9.17) is 12.2 Å². The first-order chi connectivity index (χ1) is 17.3. The summed E-state index contributed by atoms with van der Waals surface area (Å²) in [5.74, 6) is -0.317. The van der Waals surface area contributed by atoms with Crippen molar-refractivity contribution in [1.82, 2.24) is 10.3 Å². The van der Waals surface area contributed by atoms with Crippen LogP contribution in [0, 0.1) is 10.1 Å². The number of nitro groups is 1. The Hall–Kier alpha value is -4.48. The van der Waals surface area contributed by atoms with Crippen LogP contribution in [0.2, 0.25) is 0 Å². The van der Waals surface area contributed by atoms with Gasteiger partial charge >= 0.3 is 0 Å². The molecule has 0 unspecified atom stereocenters. The summed E-state index contributed by atoms with van der Waals surface area (Å²) in [7, 11) is 3.68. The molecule has 4 rings (SSSR count). The van der Waals surface area contributed by atoms with E-state index in [9.17, 15) is 14.9 Å². The number of carbonyl (C=O) groups excluding carboxylic acids is 1. The van der Waals surface area contributed by atoms with E-state index in [2.05, 4.69) is 20.8 Å². The van der Waals surface area contributed by atoms with Crippen LogP contribution < -0.4 is 15.6 Å². The van der Waals surface area contributed by atoms with Crippen LogP contribution in [-0.4, -0.2) is 53.5 Å². The van der Waals surface area contributed by atoms with Crippen LogP contribution in [0.5, 0.6) is 0 Å². The van der Waals surface area contributed by atoms with E-state index >= 15 is 0 Å². The molecular weight excluding hydrogens is 478 g/mol. The number of thiocarbonyl (C=S) groups is 1. The molecule has 0 saturated heterocycles. The number of hydrazone groups is 1. The summed E-state index contributed by atoms with van der Waals surface area (Å²) in [5, 5.41) is 18.7. The van der Waals surface area contributed by atoms with Gasteiger partial charge in [-0.05, 0) is 62.2 Å². The number of amides is 1. The summed E-state index contributed by atoms with van der Waals surface area (Å²) < 4.78 is 0. The number of non-ortho nitro benzene ring substituents is 1. The zero-order valence-corrected chi connectivity index (χ0v) is 20.4. The number of benzene rings is 3. The van der Waals surface area contributed by atoms with Gasteiger partial charge in [-0.2, -0.15) is 5.10 Å². The molecule has 0 bridgehead atoms. The van der Waals surface area contributed by atoms with Crippen molar-refractivity contribution in [2.24, 2.45) is 10.1 Å². The van der Waals surface area contributed by atoms with Crippen LogP contribution in [0.15, 0.2) is 82.9 Å². The molecular formula is C25H23N7O3S. The normalized spacial score (nSPS) is 13.9. The Kier molecular flexibility index (Phi) is 7.42.